The van der Waals surface area contributed by atoms with Crippen LogP contribution in [0.4, 0.5) is 0 Å². The zero-order chi connectivity index (χ0) is 8.43. The van der Waals surface area contributed by atoms with Gasteiger partial charge < -0.3 is 5.11 Å². The Bertz CT molecular complexity index is 265. The summed E-state index contributed by atoms with van der Waals surface area (Å²) in [5, 5.41) is 15.2. The van der Waals surface area contributed by atoms with Gasteiger partial charge in [0.25, 0.3) is 0 Å². The zero-order valence-electron chi connectivity index (χ0n) is 6.46. The van der Waals surface area contributed by atoms with Crippen LogP contribution in [0.25, 0.3) is 0 Å². The molecule has 2 N–H and O–H groups in total. The maximum absolute atomic E-state index is 11.0. The number of ketones is 1. The molecule has 0 fully saturated rings. The van der Waals surface area contributed by atoms with Crippen LogP contribution >= 0.6 is 0 Å². The molecule has 0 aliphatic carbocycles. The van der Waals surface area contributed by atoms with Gasteiger partial charge in [0, 0.05) is 5.69 Å². The standard InChI is InChI=1S/C7H10N2O2/c1-4-3-6(9-8-4)7(11)5(2)10/h3,5,10H,1-2H3,(H,8,9). The van der Waals surface area contributed by atoms with E-state index in [2.05, 4.69) is 10.2 Å². The summed E-state index contributed by atoms with van der Waals surface area (Å²) in [6, 6.07) is 1.61. The van der Waals surface area contributed by atoms with Crippen LogP contribution in [0.2, 0.25) is 0 Å². The van der Waals surface area contributed by atoms with Crippen molar-refractivity contribution in [2.75, 3.05) is 0 Å². The van der Waals surface area contributed by atoms with E-state index in [1.807, 2.05) is 0 Å². The smallest absolute Gasteiger partial charge is 0.211 e. The number of hydrogen-bond acceptors (Lipinski definition) is 3. The lowest BCUT2D eigenvalue weighted by atomic mass is 10.2. The van der Waals surface area contributed by atoms with Crippen LogP contribution < -0.4 is 0 Å². The van der Waals surface area contributed by atoms with Crippen LogP contribution in [0.3, 0.4) is 0 Å². The highest BCUT2D eigenvalue weighted by Crippen LogP contribution is 2.01. The Morgan fingerprint density at radius 3 is 2.82 bits per heavy atom. The topological polar surface area (TPSA) is 66.0 Å². The molecular weight excluding hydrogens is 144 g/mol. The molecular formula is C7H10N2O2. The van der Waals surface area contributed by atoms with Gasteiger partial charge in [-0.1, -0.05) is 0 Å². The number of rotatable bonds is 2. The summed E-state index contributed by atoms with van der Waals surface area (Å²) in [6.45, 7) is 3.22. The van der Waals surface area contributed by atoms with E-state index in [9.17, 15) is 4.79 Å². The lowest BCUT2D eigenvalue weighted by Crippen LogP contribution is -2.16. The van der Waals surface area contributed by atoms with Gasteiger partial charge in [-0.15, -0.1) is 0 Å². The molecule has 0 aliphatic rings. The van der Waals surface area contributed by atoms with Crippen LogP contribution in [-0.4, -0.2) is 27.2 Å². The fourth-order valence-corrected chi connectivity index (χ4v) is 0.758. The lowest BCUT2D eigenvalue weighted by Gasteiger charge is -1.96. The van der Waals surface area contributed by atoms with Gasteiger partial charge in [-0.25, -0.2) is 0 Å². The van der Waals surface area contributed by atoms with Gasteiger partial charge in [0.2, 0.25) is 5.78 Å². The molecule has 1 unspecified atom stereocenters. The van der Waals surface area contributed by atoms with Gasteiger partial charge >= 0.3 is 0 Å². The number of aliphatic hydroxyl groups is 1. The van der Waals surface area contributed by atoms with Crippen molar-refractivity contribution in [2.45, 2.75) is 20.0 Å². The fourth-order valence-electron chi connectivity index (χ4n) is 0.758. The molecule has 11 heavy (non-hydrogen) atoms. The second-order valence-electron chi connectivity index (χ2n) is 2.48. The second kappa shape index (κ2) is 2.84. The molecule has 0 bridgehead atoms. The number of H-pyrrole nitrogens is 1. The van der Waals surface area contributed by atoms with E-state index < -0.39 is 6.10 Å². The number of nitrogens with zero attached hydrogens (tertiary/aromatic N) is 1. The Hall–Kier alpha value is -1.16. The van der Waals surface area contributed by atoms with Crippen molar-refractivity contribution < 1.29 is 9.90 Å². The zero-order valence-corrected chi connectivity index (χ0v) is 6.46. The van der Waals surface area contributed by atoms with Gasteiger partial charge in [0.15, 0.2) is 0 Å². The van der Waals surface area contributed by atoms with Gasteiger partial charge in [0.05, 0.1) is 0 Å². The molecule has 0 aliphatic heterocycles. The SMILES string of the molecule is Cc1cc(C(=O)C(C)O)n[nH]1. The highest BCUT2D eigenvalue weighted by Gasteiger charge is 2.14. The number of Topliss-reactive ketones (excluding diaryl/α,β-unsaturated/α-hetero) is 1. The molecule has 0 spiro atoms. The molecule has 4 nitrogen and oxygen atoms in total. The van der Waals surface area contributed by atoms with Gasteiger partial charge in [-0.2, -0.15) is 5.10 Å². The fraction of sp³-hybridized carbons (Fsp3) is 0.429. The molecule has 0 saturated carbocycles. The molecule has 0 saturated heterocycles. The monoisotopic (exact) mass is 154 g/mol. The predicted octanol–water partition coefficient (Wildman–Crippen LogP) is 0.282. The first-order valence-electron chi connectivity index (χ1n) is 3.35. The maximum Gasteiger partial charge on any atom is 0.211 e. The van der Waals surface area contributed by atoms with Crippen molar-refractivity contribution in [1.82, 2.24) is 10.2 Å². The third-order valence-corrected chi connectivity index (χ3v) is 1.34. The number of aromatic amines is 1. The number of aromatic nitrogens is 2. The molecule has 1 aromatic heterocycles. The van der Waals surface area contributed by atoms with Crippen molar-refractivity contribution >= 4 is 5.78 Å². The van der Waals surface area contributed by atoms with E-state index in [1.54, 1.807) is 13.0 Å². The van der Waals surface area contributed by atoms with Crippen LogP contribution in [0, 0.1) is 6.92 Å². The van der Waals surface area contributed by atoms with Crippen molar-refractivity contribution in [3.8, 4) is 0 Å². The second-order valence-corrected chi connectivity index (χ2v) is 2.48. The minimum absolute atomic E-state index is 0.289. The number of aliphatic hydroxyl groups excluding tert-OH is 1. The molecule has 1 atom stereocenters. The summed E-state index contributed by atoms with van der Waals surface area (Å²) in [6.07, 6.45) is -0.974. The highest BCUT2D eigenvalue weighted by molar-refractivity contribution is 5.97. The Kier molecular flexibility index (Phi) is 2.05. The Balaban J connectivity index is 2.85. The maximum atomic E-state index is 11.0. The first kappa shape index (κ1) is 7.94. The van der Waals surface area contributed by atoms with E-state index in [1.165, 1.54) is 6.92 Å². The third kappa shape index (κ3) is 1.65. The van der Waals surface area contributed by atoms with Gasteiger partial charge in [-0.05, 0) is 19.9 Å². The van der Waals surface area contributed by atoms with E-state index in [0.29, 0.717) is 0 Å². The quantitative estimate of drug-likeness (QED) is 0.601. The largest absolute Gasteiger partial charge is 0.385 e. The van der Waals surface area contributed by atoms with Gasteiger partial charge in [0.1, 0.15) is 11.8 Å². The van der Waals surface area contributed by atoms with Crippen LogP contribution in [0.5, 0.6) is 0 Å². The van der Waals surface area contributed by atoms with E-state index >= 15 is 0 Å². The molecule has 1 rings (SSSR count). The molecule has 4 heteroatoms. The van der Waals surface area contributed by atoms with Crippen LogP contribution in [0.15, 0.2) is 6.07 Å². The summed E-state index contributed by atoms with van der Waals surface area (Å²) in [5.41, 5.74) is 1.10. The molecule has 0 aromatic carbocycles. The molecule has 60 valence electrons. The summed E-state index contributed by atoms with van der Waals surface area (Å²) in [5.74, 6) is -0.352. The van der Waals surface area contributed by atoms with Gasteiger partial charge in [-0.3, -0.25) is 9.89 Å². The summed E-state index contributed by atoms with van der Waals surface area (Å²) < 4.78 is 0. The van der Waals surface area contributed by atoms with E-state index in [4.69, 9.17) is 5.11 Å². The Morgan fingerprint density at radius 1 is 1.82 bits per heavy atom. The minimum atomic E-state index is -0.974. The predicted molar refractivity (Wildman–Crippen MR) is 39.3 cm³/mol. The average molecular weight is 154 g/mol. The van der Waals surface area contributed by atoms with E-state index in [-0.39, 0.29) is 11.5 Å². The van der Waals surface area contributed by atoms with Crippen LogP contribution in [0.1, 0.15) is 23.1 Å². The third-order valence-electron chi connectivity index (χ3n) is 1.34. The van der Waals surface area contributed by atoms with Crippen molar-refractivity contribution in [3.05, 3.63) is 17.5 Å². The molecule has 0 radical (unpaired) electrons. The molecule has 1 aromatic rings. The highest BCUT2D eigenvalue weighted by atomic mass is 16.3. The van der Waals surface area contributed by atoms with Crippen molar-refractivity contribution in [2.24, 2.45) is 0 Å². The summed E-state index contributed by atoms with van der Waals surface area (Å²) in [4.78, 5) is 11.0. The van der Waals surface area contributed by atoms with Crippen molar-refractivity contribution in [3.63, 3.8) is 0 Å². The number of carbonyl (C=O) groups excluding carboxylic acids is 1. The molecule has 1 heterocycles. The van der Waals surface area contributed by atoms with E-state index in [0.717, 1.165) is 5.69 Å². The number of aryl methyl sites for hydroxylation is 1. The lowest BCUT2D eigenvalue weighted by molar-refractivity contribution is 0.0774. The van der Waals surface area contributed by atoms with Crippen LogP contribution in [-0.2, 0) is 0 Å². The summed E-state index contributed by atoms with van der Waals surface area (Å²) in [7, 11) is 0. The van der Waals surface area contributed by atoms with Crippen molar-refractivity contribution in [1.29, 1.82) is 0 Å². The number of hydrogen-bond donors (Lipinski definition) is 2. The first-order valence-corrected chi connectivity index (χ1v) is 3.35. The normalized spacial score (nSPS) is 13.0. The molecule has 0 amide bonds. The minimum Gasteiger partial charge on any atom is -0.385 e. The number of carbonyl (C=O) groups is 1. The average Bonchev–Trinajstić information content (AvgIpc) is 2.34. The summed E-state index contributed by atoms with van der Waals surface area (Å²) >= 11 is 0. The Morgan fingerprint density at radius 2 is 2.45 bits per heavy atom. The first-order chi connectivity index (χ1) is 5.11. The number of nitrogens with one attached hydrogen (secondary N) is 1. The Labute approximate surface area is 64.2 Å².